The molecular formula is C24H28Cl2N4O4. The maximum absolute atomic E-state index is 13.2. The molecule has 1 saturated carbocycles. The number of aromatic nitrogens is 1. The highest BCUT2D eigenvalue weighted by molar-refractivity contribution is 6.35. The third kappa shape index (κ3) is 5.62. The number of Topliss-reactive ketones (excluding diaryl/α,β-unsaturated/α-hetero) is 1. The predicted molar refractivity (Wildman–Crippen MR) is 130 cm³/mol. The molecule has 4 rings (SSSR count). The summed E-state index contributed by atoms with van der Waals surface area (Å²) in [7, 11) is 0. The van der Waals surface area contributed by atoms with Gasteiger partial charge in [0.05, 0.1) is 22.5 Å². The van der Waals surface area contributed by atoms with Gasteiger partial charge in [-0.15, -0.1) is 11.6 Å². The van der Waals surface area contributed by atoms with E-state index in [2.05, 4.69) is 20.9 Å². The number of aromatic amines is 1. The Morgan fingerprint density at radius 2 is 2.00 bits per heavy atom. The van der Waals surface area contributed by atoms with Crippen LogP contribution in [0.2, 0.25) is 5.02 Å². The van der Waals surface area contributed by atoms with Crippen molar-refractivity contribution in [2.45, 2.75) is 44.2 Å². The van der Waals surface area contributed by atoms with Crippen LogP contribution in [0, 0.1) is 11.3 Å². The molecule has 0 unspecified atom stereocenters. The third-order valence-corrected chi connectivity index (χ3v) is 7.29. The summed E-state index contributed by atoms with van der Waals surface area (Å²) in [5.74, 6) is -1.17. The van der Waals surface area contributed by atoms with Crippen LogP contribution in [0.4, 0.5) is 0 Å². The van der Waals surface area contributed by atoms with E-state index in [9.17, 15) is 19.2 Å². The molecule has 2 aliphatic rings. The van der Waals surface area contributed by atoms with Crippen molar-refractivity contribution < 1.29 is 19.2 Å². The van der Waals surface area contributed by atoms with Gasteiger partial charge in [0.2, 0.25) is 5.91 Å². The number of carbonyl (C=O) groups excluding carboxylic acids is 4. The predicted octanol–water partition coefficient (Wildman–Crippen LogP) is 2.58. The lowest BCUT2D eigenvalue weighted by molar-refractivity contribution is -0.129. The second-order valence-corrected chi connectivity index (χ2v) is 10.0. The standard InChI is InChI=1S/C24H28Cl2N4O4/c25-11-20(32)19(10-24(13-31)6-7-27-12-24)30-22(33)17(8-14-4-5-14)29-23(34)18-9-15-2-1-3-16(26)21(15)28-18/h1-3,9,13-14,17,19,27-28H,4-8,10-12H2,(H,29,34)(H,30,33)/t17-,19-,24+/m0/s1. The number of hydrogen-bond donors (Lipinski definition) is 4. The number of para-hydroxylation sites is 1. The molecule has 0 spiro atoms. The number of nitrogens with one attached hydrogen (secondary N) is 4. The Kier molecular flexibility index (Phi) is 7.60. The molecule has 2 heterocycles. The molecule has 34 heavy (non-hydrogen) atoms. The molecule has 2 fully saturated rings. The van der Waals surface area contributed by atoms with Crippen molar-refractivity contribution in [1.82, 2.24) is 20.9 Å². The quantitative estimate of drug-likeness (QED) is 0.275. The van der Waals surface area contributed by atoms with Crippen molar-refractivity contribution in [3.8, 4) is 0 Å². The number of alkyl halides is 1. The topological polar surface area (TPSA) is 120 Å². The molecule has 3 atom stereocenters. The molecule has 10 heteroatoms. The lowest BCUT2D eigenvalue weighted by Gasteiger charge is -2.28. The average molecular weight is 507 g/mol. The van der Waals surface area contributed by atoms with Crippen LogP contribution < -0.4 is 16.0 Å². The lowest BCUT2D eigenvalue weighted by atomic mass is 9.81. The molecule has 2 amide bonds. The Morgan fingerprint density at radius 1 is 1.21 bits per heavy atom. The molecule has 1 aliphatic carbocycles. The van der Waals surface area contributed by atoms with Gasteiger partial charge in [0.25, 0.3) is 5.91 Å². The van der Waals surface area contributed by atoms with Crippen LogP contribution in [0.5, 0.6) is 0 Å². The maximum Gasteiger partial charge on any atom is 0.268 e. The van der Waals surface area contributed by atoms with E-state index in [-0.39, 0.29) is 18.1 Å². The van der Waals surface area contributed by atoms with E-state index < -0.39 is 29.3 Å². The molecule has 1 aliphatic heterocycles. The van der Waals surface area contributed by atoms with Gasteiger partial charge in [0.15, 0.2) is 5.78 Å². The van der Waals surface area contributed by atoms with E-state index in [4.69, 9.17) is 23.2 Å². The fourth-order valence-electron chi connectivity index (χ4n) is 4.50. The van der Waals surface area contributed by atoms with E-state index in [0.717, 1.165) is 24.5 Å². The zero-order valence-corrected chi connectivity index (χ0v) is 20.2. The van der Waals surface area contributed by atoms with Crippen LogP contribution in [-0.4, -0.2) is 59.9 Å². The van der Waals surface area contributed by atoms with E-state index in [1.165, 1.54) is 0 Å². The Bertz CT molecular complexity index is 1090. The average Bonchev–Trinajstić information content (AvgIpc) is 3.33. The van der Waals surface area contributed by atoms with E-state index in [0.29, 0.717) is 48.1 Å². The number of rotatable bonds is 11. The first-order valence-corrected chi connectivity index (χ1v) is 12.4. The van der Waals surface area contributed by atoms with Crippen molar-refractivity contribution >= 4 is 58.0 Å². The summed E-state index contributed by atoms with van der Waals surface area (Å²) >= 11 is 12.0. The largest absolute Gasteiger partial charge is 0.349 e. The van der Waals surface area contributed by atoms with Gasteiger partial charge in [-0.05, 0) is 43.9 Å². The molecule has 2 aromatic rings. The Labute approximate surface area is 207 Å². The molecular weight excluding hydrogens is 479 g/mol. The molecule has 4 N–H and O–H groups in total. The van der Waals surface area contributed by atoms with Gasteiger partial charge < -0.3 is 25.7 Å². The van der Waals surface area contributed by atoms with Gasteiger partial charge in [-0.2, -0.15) is 0 Å². The minimum Gasteiger partial charge on any atom is -0.349 e. The molecule has 8 nitrogen and oxygen atoms in total. The number of aldehydes is 1. The zero-order chi connectivity index (χ0) is 24.3. The fourth-order valence-corrected chi connectivity index (χ4v) is 4.91. The molecule has 1 aromatic heterocycles. The second kappa shape index (κ2) is 10.5. The molecule has 0 bridgehead atoms. The van der Waals surface area contributed by atoms with Gasteiger partial charge >= 0.3 is 0 Å². The molecule has 1 aromatic carbocycles. The van der Waals surface area contributed by atoms with Crippen molar-refractivity contribution in [1.29, 1.82) is 0 Å². The lowest BCUT2D eigenvalue weighted by Crippen LogP contribution is -2.53. The van der Waals surface area contributed by atoms with Crippen LogP contribution in [0.3, 0.4) is 0 Å². The Morgan fingerprint density at radius 3 is 2.62 bits per heavy atom. The highest BCUT2D eigenvalue weighted by Gasteiger charge is 2.39. The van der Waals surface area contributed by atoms with Crippen LogP contribution in [-0.2, 0) is 14.4 Å². The summed E-state index contributed by atoms with van der Waals surface area (Å²) in [6.45, 7) is 1.12. The molecule has 0 radical (unpaired) electrons. The highest BCUT2D eigenvalue weighted by atomic mass is 35.5. The number of benzene rings is 1. The SMILES string of the molecule is O=C[C@@]1(C[C@H](NC(=O)[C@H](CC2CC2)NC(=O)c2cc3cccc(Cl)c3[nH]2)C(=O)CCl)CCNC1. The number of hydrogen-bond acceptors (Lipinski definition) is 5. The molecule has 182 valence electrons. The van der Waals surface area contributed by atoms with Crippen molar-refractivity contribution in [3.63, 3.8) is 0 Å². The number of H-pyrrole nitrogens is 1. The monoisotopic (exact) mass is 506 g/mol. The van der Waals surface area contributed by atoms with Crippen LogP contribution in [0.15, 0.2) is 24.3 Å². The third-order valence-electron chi connectivity index (χ3n) is 6.71. The molecule has 1 saturated heterocycles. The number of halogens is 2. The first-order chi connectivity index (χ1) is 16.3. The number of amides is 2. The summed E-state index contributed by atoms with van der Waals surface area (Å²) in [5.41, 5.74) is 0.218. The van der Waals surface area contributed by atoms with Crippen LogP contribution in [0.1, 0.15) is 42.6 Å². The summed E-state index contributed by atoms with van der Waals surface area (Å²) in [4.78, 5) is 53.6. The Hall–Kier alpha value is -2.42. The van der Waals surface area contributed by atoms with Gasteiger partial charge in [0.1, 0.15) is 18.0 Å². The first kappa shape index (κ1) is 24.7. The van der Waals surface area contributed by atoms with Crippen molar-refractivity contribution in [3.05, 3.63) is 35.0 Å². The number of ketones is 1. The van der Waals surface area contributed by atoms with E-state index in [1.807, 2.05) is 6.07 Å². The smallest absolute Gasteiger partial charge is 0.268 e. The summed E-state index contributed by atoms with van der Waals surface area (Å²) in [6.07, 6.45) is 4.07. The van der Waals surface area contributed by atoms with Crippen molar-refractivity contribution in [2.24, 2.45) is 11.3 Å². The summed E-state index contributed by atoms with van der Waals surface area (Å²) in [5, 5.41) is 10.0. The summed E-state index contributed by atoms with van der Waals surface area (Å²) < 4.78 is 0. The van der Waals surface area contributed by atoms with Crippen LogP contribution in [0.25, 0.3) is 10.9 Å². The highest BCUT2D eigenvalue weighted by Crippen LogP contribution is 2.34. The normalized spacial score (nSPS) is 21.7. The number of fused-ring (bicyclic) bond motifs is 1. The summed E-state index contributed by atoms with van der Waals surface area (Å²) in [6, 6.07) is 5.33. The van der Waals surface area contributed by atoms with E-state index >= 15 is 0 Å². The van der Waals surface area contributed by atoms with Gasteiger partial charge in [-0.1, -0.05) is 36.6 Å². The van der Waals surface area contributed by atoms with Gasteiger partial charge in [0, 0.05) is 17.3 Å². The minimum absolute atomic E-state index is 0.172. The second-order valence-electron chi connectivity index (χ2n) is 9.36. The minimum atomic E-state index is -0.902. The van der Waals surface area contributed by atoms with Crippen LogP contribution >= 0.6 is 23.2 Å². The number of carbonyl (C=O) groups is 4. The zero-order valence-electron chi connectivity index (χ0n) is 18.7. The maximum atomic E-state index is 13.2. The van der Waals surface area contributed by atoms with Gasteiger partial charge in [-0.25, -0.2) is 0 Å². The van der Waals surface area contributed by atoms with Gasteiger partial charge in [-0.3, -0.25) is 14.4 Å². The van der Waals surface area contributed by atoms with E-state index in [1.54, 1.807) is 18.2 Å². The Balaban J connectivity index is 1.49. The first-order valence-electron chi connectivity index (χ1n) is 11.5. The fraction of sp³-hybridized carbons (Fsp3) is 0.500. The van der Waals surface area contributed by atoms with Crippen molar-refractivity contribution in [2.75, 3.05) is 19.0 Å².